The van der Waals surface area contributed by atoms with Gasteiger partial charge in [0.2, 0.25) is 0 Å². The SMILES string of the molecule is CC(C)C1CC2SC1CC2C. The van der Waals surface area contributed by atoms with Crippen molar-refractivity contribution in [3.8, 4) is 0 Å². The Hall–Kier alpha value is 0.350. The zero-order valence-electron chi connectivity index (χ0n) is 7.71. The fraction of sp³-hybridized carbons (Fsp3) is 1.00. The van der Waals surface area contributed by atoms with E-state index in [0.717, 1.165) is 28.3 Å². The van der Waals surface area contributed by atoms with E-state index in [0.29, 0.717) is 0 Å². The van der Waals surface area contributed by atoms with E-state index in [1.54, 1.807) is 0 Å². The lowest BCUT2D eigenvalue weighted by Gasteiger charge is -2.26. The topological polar surface area (TPSA) is 0 Å². The van der Waals surface area contributed by atoms with Gasteiger partial charge >= 0.3 is 0 Å². The molecule has 0 N–H and O–H groups in total. The van der Waals surface area contributed by atoms with Gasteiger partial charge < -0.3 is 0 Å². The summed E-state index contributed by atoms with van der Waals surface area (Å²) < 4.78 is 0. The Morgan fingerprint density at radius 1 is 1.18 bits per heavy atom. The van der Waals surface area contributed by atoms with Crippen molar-refractivity contribution in [2.45, 2.75) is 44.1 Å². The van der Waals surface area contributed by atoms with Crippen LogP contribution in [0.2, 0.25) is 0 Å². The number of thioether (sulfide) groups is 1. The molecule has 2 aliphatic rings. The molecule has 0 saturated carbocycles. The van der Waals surface area contributed by atoms with Crippen LogP contribution < -0.4 is 0 Å². The Morgan fingerprint density at radius 2 is 1.91 bits per heavy atom. The second kappa shape index (κ2) is 2.69. The molecule has 0 aromatic carbocycles. The van der Waals surface area contributed by atoms with Crippen LogP contribution in [-0.4, -0.2) is 10.5 Å². The lowest BCUT2D eigenvalue weighted by molar-refractivity contribution is 0.280. The van der Waals surface area contributed by atoms with Gasteiger partial charge in [-0.05, 0) is 30.6 Å². The first kappa shape index (κ1) is 7.97. The van der Waals surface area contributed by atoms with Crippen molar-refractivity contribution in [1.29, 1.82) is 0 Å². The van der Waals surface area contributed by atoms with Crippen LogP contribution in [0.25, 0.3) is 0 Å². The first-order valence-corrected chi connectivity index (χ1v) is 5.78. The smallest absolute Gasteiger partial charge is 0.00839 e. The molecule has 0 amide bonds. The monoisotopic (exact) mass is 170 g/mol. The maximum Gasteiger partial charge on any atom is 0.00839 e. The lowest BCUT2D eigenvalue weighted by Crippen LogP contribution is -2.24. The van der Waals surface area contributed by atoms with Gasteiger partial charge in [-0.1, -0.05) is 20.8 Å². The van der Waals surface area contributed by atoms with Gasteiger partial charge in [0.05, 0.1) is 0 Å². The molecule has 2 heterocycles. The molecule has 2 fully saturated rings. The van der Waals surface area contributed by atoms with Gasteiger partial charge in [-0.3, -0.25) is 0 Å². The minimum absolute atomic E-state index is 0.921. The van der Waals surface area contributed by atoms with Gasteiger partial charge in [0.25, 0.3) is 0 Å². The largest absolute Gasteiger partial charge is 0.155 e. The number of rotatable bonds is 1. The van der Waals surface area contributed by atoms with E-state index in [4.69, 9.17) is 0 Å². The molecule has 2 rings (SSSR count). The fourth-order valence-corrected chi connectivity index (χ4v) is 4.82. The Labute approximate surface area is 74.1 Å². The highest BCUT2D eigenvalue weighted by molar-refractivity contribution is 8.01. The van der Waals surface area contributed by atoms with Gasteiger partial charge in [-0.15, -0.1) is 0 Å². The van der Waals surface area contributed by atoms with Crippen LogP contribution in [0.1, 0.15) is 33.6 Å². The van der Waals surface area contributed by atoms with Crippen molar-refractivity contribution < 1.29 is 0 Å². The summed E-state index contributed by atoms with van der Waals surface area (Å²) in [6.07, 6.45) is 3.01. The molecule has 0 aromatic rings. The molecule has 0 radical (unpaired) electrons. The summed E-state index contributed by atoms with van der Waals surface area (Å²) in [5.41, 5.74) is 0. The Balaban J connectivity index is 2.02. The third-order valence-corrected chi connectivity index (χ3v) is 5.32. The molecule has 4 atom stereocenters. The van der Waals surface area contributed by atoms with Crippen molar-refractivity contribution >= 4 is 11.8 Å². The second-order valence-corrected chi connectivity index (χ2v) is 6.05. The van der Waals surface area contributed by atoms with E-state index in [2.05, 4.69) is 32.5 Å². The van der Waals surface area contributed by atoms with Crippen molar-refractivity contribution in [3.63, 3.8) is 0 Å². The van der Waals surface area contributed by atoms with Gasteiger partial charge in [0.15, 0.2) is 0 Å². The van der Waals surface area contributed by atoms with E-state index in [1.165, 1.54) is 12.8 Å². The van der Waals surface area contributed by atoms with E-state index >= 15 is 0 Å². The molecule has 0 aromatic heterocycles. The molecule has 1 heteroatoms. The molecular weight excluding hydrogens is 152 g/mol. The molecule has 0 spiro atoms. The second-order valence-electron chi connectivity index (χ2n) is 4.57. The van der Waals surface area contributed by atoms with Crippen LogP contribution >= 0.6 is 11.8 Å². The highest BCUT2D eigenvalue weighted by Gasteiger charge is 2.45. The Bertz CT molecular complexity index is 151. The maximum atomic E-state index is 2.42. The fourth-order valence-electron chi connectivity index (χ4n) is 2.62. The van der Waals surface area contributed by atoms with Crippen molar-refractivity contribution in [2.24, 2.45) is 17.8 Å². The molecule has 4 unspecified atom stereocenters. The number of hydrogen-bond acceptors (Lipinski definition) is 1. The van der Waals surface area contributed by atoms with Gasteiger partial charge in [-0.25, -0.2) is 0 Å². The third kappa shape index (κ3) is 1.22. The highest BCUT2D eigenvalue weighted by Crippen LogP contribution is 2.54. The van der Waals surface area contributed by atoms with Crippen LogP contribution in [0.3, 0.4) is 0 Å². The summed E-state index contributed by atoms with van der Waals surface area (Å²) in [6.45, 7) is 7.20. The van der Waals surface area contributed by atoms with Crippen LogP contribution in [0.5, 0.6) is 0 Å². The minimum Gasteiger partial charge on any atom is -0.155 e. The molecular formula is C10H18S. The summed E-state index contributed by atoms with van der Waals surface area (Å²) >= 11 is 2.28. The average molecular weight is 170 g/mol. The normalized spacial score (nSPS) is 49.1. The van der Waals surface area contributed by atoms with Gasteiger partial charge in [0, 0.05) is 10.5 Å². The Kier molecular flexibility index (Phi) is 1.95. The predicted molar refractivity (Wildman–Crippen MR) is 51.9 cm³/mol. The first-order valence-electron chi connectivity index (χ1n) is 4.84. The van der Waals surface area contributed by atoms with Crippen LogP contribution in [0.4, 0.5) is 0 Å². The zero-order chi connectivity index (χ0) is 8.01. The number of hydrogen-bond donors (Lipinski definition) is 0. The molecule has 0 aliphatic carbocycles. The van der Waals surface area contributed by atoms with Crippen molar-refractivity contribution in [3.05, 3.63) is 0 Å². The first-order chi connectivity index (χ1) is 5.18. The predicted octanol–water partition coefficient (Wildman–Crippen LogP) is 3.17. The number of fused-ring (bicyclic) bond motifs is 2. The maximum absolute atomic E-state index is 2.42. The molecule has 2 saturated heterocycles. The van der Waals surface area contributed by atoms with E-state index in [-0.39, 0.29) is 0 Å². The zero-order valence-corrected chi connectivity index (χ0v) is 8.53. The lowest BCUT2D eigenvalue weighted by atomic mass is 9.78. The molecule has 11 heavy (non-hydrogen) atoms. The molecule has 64 valence electrons. The summed E-state index contributed by atoms with van der Waals surface area (Å²) in [5, 5.41) is 2.04. The average Bonchev–Trinajstić information content (AvgIpc) is 2.43. The standard InChI is InChI=1S/C10H18S/c1-6(2)8-5-9-7(3)4-10(8)11-9/h6-10H,4-5H2,1-3H3. The van der Waals surface area contributed by atoms with Crippen LogP contribution in [-0.2, 0) is 0 Å². The highest BCUT2D eigenvalue weighted by atomic mass is 32.2. The van der Waals surface area contributed by atoms with Crippen LogP contribution in [0, 0.1) is 17.8 Å². The Morgan fingerprint density at radius 3 is 2.27 bits per heavy atom. The molecule has 2 aliphatic heterocycles. The van der Waals surface area contributed by atoms with E-state index in [9.17, 15) is 0 Å². The van der Waals surface area contributed by atoms with Crippen molar-refractivity contribution in [1.82, 2.24) is 0 Å². The molecule has 0 nitrogen and oxygen atoms in total. The summed E-state index contributed by atoms with van der Waals surface area (Å²) in [5.74, 6) is 2.98. The quantitative estimate of drug-likeness (QED) is 0.582. The van der Waals surface area contributed by atoms with Gasteiger partial charge in [-0.2, -0.15) is 11.8 Å². The summed E-state index contributed by atoms with van der Waals surface area (Å²) in [7, 11) is 0. The summed E-state index contributed by atoms with van der Waals surface area (Å²) in [6, 6.07) is 0. The summed E-state index contributed by atoms with van der Waals surface area (Å²) in [4.78, 5) is 0. The van der Waals surface area contributed by atoms with E-state index in [1.807, 2.05) is 0 Å². The van der Waals surface area contributed by atoms with E-state index < -0.39 is 0 Å². The van der Waals surface area contributed by atoms with Gasteiger partial charge in [0.1, 0.15) is 0 Å². The molecule has 2 bridgehead atoms. The third-order valence-electron chi connectivity index (χ3n) is 3.43. The van der Waals surface area contributed by atoms with Crippen LogP contribution in [0.15, 0.2) is 0 Å². The van der Waals surface area contributed by atoms with Crippen molar-refractivity contribution in [2.75, 3.05) is 0 Å². The minimum atomic E-state index is 0.921.